The highest BCUT2D eigenvalue weighted by Crippen LogP contribution is 2.26. The number of rotatable bonds is 6. The van der Waals surface area contributed by atoms with Gasteiger partial charge in [0, 0.05) is 18.4 Å². The fourth-order valence-corrected chi connectivity index (χ4v) is 4.41. The number of anilines is 1. The number of nitrogens with zero attached hydrogens (tertiary/aromatic N) is 2. The molecule has 1 heterocycles. The van der Waals surface area contributed by atoms with Crippen LogP contribution in [0.25, 0.3) is 0 Å². The molecular formula is C22H22N4O3S. The second-order valence-corrected chi connectivity index (χ2v) is 7.93. The van der Waals surface area contributed by atoms with Crippen LogP contribution in [0.2, 0.25) is 0 Å². The Hall–Kier alpha value is -3.31. The molecule has 1 saturated heterocycles. The van der Waals surface area contributed by atoms with E-state index in [0.717, 1.165) is 5.56 Å². The van der Waals surface area contributed by atoms with Crippen molar-refractivity contribution in [3.63, 3.8) is 0 Å². The van der Waals surface area contributed by atoms with E-state index in [1.165, 1.54) is 18.7 Å². The van der Waals surface area contributed by atoms with E-state index in [1.54, 1.807) is 29.2 Å². The topological polar surface area (TPSA) is 102 Å². The van der Waals surface area contributed by atoms with Gasteiger partial charge in [-0.3, -0.25) is 14.4 Å². The maximum absolute atomic E-state index is 13.0. The SMILES string of the molecule is CC(=O)NC(CC(=O)N1CSCC1C(=O)Nc1ccc(C#N)cc1)c1ccccc1. The number of nitriles is 1. The van der Waals surface area contributed by atoms with Gasteiger partial charge in [0.2, 0.25) is 17.7 Å². The van der Waals surface area contributed by atoms with Gasteiger partial charge in [0.25, 0.3) is 0 Å². The van der Waals surface area contributed by atoms with Crippen LogP contribution in [0.4, 0.5) is 5.69 Å². The molecule has 0 bridgehead atoms. The van der Waals surface area contributed by atoms with E-state index in [2.05, 4.69) is 10.6 Å². The largest absolute Gasteiger partial charge is 0.349 e. The molecule has 8 heteroatoms. The minimum Gasteiger partial charge on any atom is -0.349 e. The summed E-state index contributed by atoms with van der Waals surface area (Å²) in [5.41, 5.74) is 1.92. The molecule has 154 valence electrons. The summed E-state index contributed by atoms with van der Waals surface area (Å²) in [6.07, 6.45) is 0.0742. The first-order valence-electron chi connectivity index (χ1n) is 9.48. The molecule has 1 aliphatic rings. The van der Waals surface area contributed by atoms with Crippen molar-refractivity contribution >= 4 is 35.2 Å². The second-order valence-electron chi connectivity index (χ2n) is 6.93. The Morgan fingerprint density at radius 2 is 1.87 bits per heavy atom. The molecule has 7 nitrogen and oxygen atoms in total. The smallest absolute Gasteiger partial charge is 0.248 e. The van der Waals surface area contributed by atoms with Crippen molar-refractivity contribution in [3.8, 4) is 6.07 Å². The number of hydrogen-bond donors (Lipinski definition) is 2. The fraction of sp³-hybridized carbons (Fsp3) is 0.273. The Morgan fingerprint density at radius 1 is 1.17 bits per heavy atom. The van der Waals surface area contributed by atoms with Crippen molar-refractivity contribution < 1.29 is 14.4 Å². The maximum Gasteiger partial charge on any atom is 0.248 e. The lowest BCUT2D eigenvalue weighted by molar-refractivity contribution is -0.136. The average Bonchev–Trinajstić information content (AvgIpc) is 3.24. The lowest BCUT2D eigenvalue weighted by Crippen LogP contribution is -2.45. The van der Waals surface area contributed by atoms with E-state index in [4.69, 9.17) is 5.26 Å². The maximum atomic E-state index is 13.0. The molecule has 0 aliphatic carbocycles. The fourth-order valence-electron chi connectivity index (χ4n) is 3.23. The van der Waals surface area contributed by atoms with Crippen molar-refractivity contribution in [3.05, 3.63) is 65.7 Å². The number of amides is 3. The first-order valence-corrected chi connectivity index (χ1v) is 10.6. The van der Waals surface area contributed by atoms with Gasteiger partial charge in [0.1, 0.15) is 6.04 Å². The van der Waals surface area contributed by atoms with Crippen LogP contribution in [-0.2, 0) is 14.4 Å². The third-order valence-corrected chi connectivity index (χ3v) is 5.76. The minimum absolute atomic E-state index is 0.0742. The molecule has 1 aliphatic heterocycles. The van der Waals surface area contributed by atoms with Gasteiger partial charge < -0.3 is 15.5 Å². The standard InChI is InChI=1S/C22H22N4O3S/c1-15(27)24-19(17-5-3-2-4-6-17)11-21(28)26-14-30-13-20(26)22(29)25-18-9-7-16(12-23)8-10-18/h2-10,19-20H,11,13-14H2,1H3,(H,24,27)(H,25,29). The number of benzene rings is 2. The summed E-state index contributed by atoms with van der Waals surface area (Å²) >= 11 is 1.51. The molecule has 2 N–H and O–H groups in total. The monoisotopic (exact) mass is 422 g/mol. The van der Waals surface area contributed by atoms with Crippen LogP contribution in [0.1, 0.15) is 30.5 Å². The van der Waals surface area contributed by atoms with E-state index in [9.17, 15) is 14.4 Å². The van der Waals surface area contributed by atoms with E-state index in [-0.39, 0.29) is 24.1 Å². The van der Waals surface area contributed by atoms with Gasteiger partial charge in [-0.05, 0) is 29.8 Å². The lowest BCUT2D eigenvalue weighted by Gasteiger charge is -2.26. The molecule has 1 fully saturated rings. The third kappa shape index (κ3) is 5.39. The Labute approximate surface area is 179 Å². The summed E-state index contributed by atoms with van der Waals surface area (Å²) < 4.78 is 0. The van der Waals surface area contributed by atoms with Crippen LogP contribution in [0.5, 0.6) is 0 Å². The van der Waals surface area contributed by atoms with Gasteiger partial charge in [-0.25, -0.2) is 0 Å². The molecule has 2 aromatic carbocycles. The molecule has 0 saturated carbocycles. The normalized spacial score (nSPS) is 16.4. The van der Waals surface area contributed by atoms with Crippen molar-refractivity contribution in [2.45, 2.75) is 25.4 Å². The van der Waals surface area contributed by atoms with Crippen LogP contribution >= 0.6 is 11.8 Å². The third-order valence-electron chi connectivity index (χ3n) is 4.75. The predicted molar refractivity (Wildman–Crippen MR) is 115 cm³/mol. The van der Waals surface area contributed by atoms with E-state index < -0.39 is 12.1 Å². The quantitative estimate of drug-likeness (QED) is 0.745. The highest BCUT2D eigenvalue weighted by Gasteiger charge is 2.35. The number of carbonyl (C=O) groups excluding carboxylic acids is 3. The van der Waals surface area contributed by atoms with Crippen LogP contribution in [0, 0.1) is 11.3 Å². The van der Waals surface area contributed by atoms with Gasteiger partial charge >= 0.3 is 0 Å². The molecule has 0 spiro atoms. The highest BCUT2D eigenvalue weighted by molar-refractivity contribution is 7.99. The van der Waals surface area contributed by atoms with Crippen LogP contribution in [0.3, 0.4) is 0 Å². The lowest BCUT2D eigenvalue weighted by atomic mass is 10.0. The van der Waals surface area contributed by atoms with Gasteiger partial charge in [0.15, 0.2) is 0 Å². The highest BCUT2D eigenvalue weighted by atomic mass is 32.2. The first-order chi connectivity index (χ1) is 14.5. The summed E-state index contributed by atoms with van der Waals surface area (Å²) in [5, 5.41) is 14.5. The number of hydrogen-bond acceptors (Lipinski definition) is 5. The predicted octanol–water partition coefficient (Wildman–Crippen LogP) is 2.67. The number of thioether (sulfide) groups is 1. The van der Waals surface area contributed by atoms with Crippen molar-refractivity contribution in [2.75, 3.05) is 16.9 Å². The van der Waals surface area contributed by atoms with Crippen molar-refractivity contribution in [2.24, 2.45) is 0 Å². The van der Waals surface area contributed by atoms with Gasteiger partial charge in [0.05, 0.1) is 30.0 Å². The van der Waals surface area contributed by atoms with Crippen molar-refractivity contribution in [1.29, 1.82) is 5.26 Å². The van der Waals surface area contributed by atoms with Crippen LogP contribution in [-0.4, -0.2) is 40.3 Å². The average molecular weight is 423 g/mol. The van der Waals surface area contributed by atoms with E-state index >= 15 is 0 Å². The second kappa shape index (κ2) is 9.94. The molecule has 3 amide bonds. The molecular weight excluding hydrogens is 400 g/mol. The Morgan fingerprint density at radius 3 is 2.50 bits per heavy atom. The summed E-state index contributed by atoms with van der Waals surface area (Å²) in [7, 11) is 0. The van der Waals surface area contributed by atoms with Gasteiger partial charge in [-0.2, -0.15) is 5.26 Å². The summed E-state index contributed by atoms with van der Waals surface area (Å²) in [6.45, 7) is 1.42. The summed E-state index contributed by atoms with van der Waals surface area (Å²) in [5.74, 6) is 0.245. The Kier molecular flexibility index (Phi) is 7.09. The summed E-state index contributed by atoms with van der Waals surface area (Å²) in [6, 6.07) is 16.9. The number of nitrogens with one attached hydrogen (secondary N) is 2. The van der Waals surface area contributed by atoms with Gasteiger partial charge in [-0.15, -0.1) is 11.8 Å². The molecule has 0 radical (unpaired) electrons. The van der Waals surface area contributed by atoms with Crippen LogP contribution in [0.15, 0.2) is 54.6 Å². The van der Waals surface area contributed by atoms with E-state index in [0.29, 0.717) is 22.9 Å². The van der Waals surface area contributed by atoms with Crippen molar-refractivity contribution in [1.82, 2.24) is 10.2 Å². The number of carbonyl (C=O) groups is 3. The molecule has 2 unspecified atom stereocenters. The minimum atomic E-state index is -0.591. The Bertz CT molecular complexity index is 957. The zero-order chi connectivity index (χ0) is 21.5. The molecule has 30 heavy (non-hydrogen) atoms. The van der Waals surface area contributed by atoms with E-state index in [1.807, 2.05) is 36.4 Å². The summed E-state index contributed by atoms with van der Waals surface area (Å²) in [4.78, 5) is 39.0. The zero-order valence-corrected chi connectivity index (χ0v) is 17.3. The van der Waals surface area contributed by atoms with Crippen LogP contribution < -0.4 is 10.6 Å². The molecule has 2 aromatic rings. The molecule has 2 atom stereocenters. The van der Waals surface area contributed by atoms with Gasteiger partial charge in [-0.1, -0.05) is 30.3 Å². The zero-order valence-electron chi connectivity index (χ0n) is 16.5. The first kappa shape index (κ1) is 21.4. The molecule has 3 rings (SSSR count). The molecule has 0 aromatic heterocycles. The Balaban J connectivity index is 1.68.